The van der Waals surface area contributed by atoms with Crippen LogP contribution in [0.3, 0.4) is 0 Å². The van der Waals surface area contributed by atoms with Crippen LogP contribution in [0.5, 0.6) is 0 Å². The number of piperidine rings is 1. The van der Waals surface area contributed by atoms with Crippen LogP contribution in [0.1, 0.15) is 56.6 Å². The van der Waals surface area contributed by atoms with Gasteiger partial charge in [0.2, 0.25) is 21.8 Å². The zero-order valence-electron chi connectivity index (χ0n) is 19.8. The van der Waals surface area contributed by atoms with Crippen molar-refractivity contribution >= 4 is 21.8 Å². The molecule has 2 saturated heterocycles. The van der Waals surface area contributed by atoms with Gasteiger partial charge in [-0.25, -0.2) is 12.7 Å². The molecule has 0 aromatic heterocycles. The van der Waals surface area contributed by atoms with Gasteiger partial charge in [0.15, 0.2) is 0 Å². The smallest absolute Gasteiger partial charge is 0.350 e. The second kappa shape index (κ2) is 10.1. The summed E-state index contributed by atoms with van der Waals surface area (Å²) in [4.78, 5) is 27.7. The van der Waals surface area contributed by atoms with Gasteiger partial charge in [-0.15, -0.1) is 0 Å². The Morgan fingerprint density at radius 3 is 2.34 bits per heavy atom. The highest BCUT2D eigenvalue weighted by Crippen LogP contribution is 2.36. The van der Waals surface area contributed by atoms with Crippen molar-refractivity contribution in [3.63, 3.8) is 0 Å². The molecule has 1 aromatic rings. The zero-order valence-corrected chi connectivity index (χ0v) is 20.6. The normalized spacial score (nSPS) is 27.9. The first kappa shape index (κ1) is 25.9. The summed E-state index contributed by atoms with van der Waals surface area (Å²) in [6, 6.07) is 3.93. The maximum atomic E-state index is 13.3. The van der Waals surface area contributed by atoms with Crippen molar-refractivity contribution in [1.82, 2.24) is 14.5 Å². The van der Waals surface area contributed by atoms with Crippen molar-refractivity contribution in [2.75, 3.05) is 19.6 Å². The van der Waals surface area contributed by atoms with E-state index < -0.39 is 33.7 Å². The summed E-state index contributed by atoms with van der Waals surface area (Å²) in [6.45, 7) is 3.10. The van der Waals surface area contributed by atoms with E-state index in [0.717, 1.165) is 12.1 Å². The third-order valence-corrected chi connectivity index (χ3v) is 9.71. The van der Waals surface area contributed by atoms with E-state index in [9.17, 15) is 31.2 Å². The molecule has 2 heterocycles. The molecule has 11 heteroatoms. The zero-order chi connectivity index (χ0) is 25.4. The number of benzene rings is 1. The van der Waals surface area contributed by atoms with Gasteiger partial charge >= 0.3 is 6.18 Å². The number of nitrogens with zero attached hydrogens (tertiary/aromatic N) is 2. The van der Waals surface area contributed by atoms with Gasteiger partial charge in [0.1, 0.15) is 6.04 Å². The molecule has 3 fully saturated rings. The molecule has 4 rings (SSSR count). The number of halogens is 3. The Kier molecular flexibility index (Phi) is 7.47. The predicted molar refractivity (Wildman–Crippen MR) is 123 cm³/mol. The number of carbonyl (C=O) groups is 2. The molecule has 1 N–H and O–H groups in total. The number of likely N-dealkylation sites (tertiary alicyclic amines) is 1. The molecule has 3 aliphatic rings. The van der Waals surface area contributed by atoms with Gasteiger partial charge in [0, 0.05) is 26.2 Å². The number of amides is 2. The van der Waals surface area contributed by atoms with E-state index in [1.165, 1.54) is 16.4 Å². The molecule has 7 nitrogen and oxygen atoms in total. The Bertz CT molecular complexity index is 1040. The van der Waals surface area contributed by atoms with Crippen LogP contribution in [-0.4, -0.2) is 60.4 Å². The number of rotatable bonds is 6. The minimum absolute atomic E-state index is 0.0603. The Hall–Kier alpha value is -2.14. The fourth-order valence-electron chi connectivity index (χ4n) is 5.31. The number of sulfonamides is 1. The summed E-state index contributed by atoms with van der Waals surface area (Å²) in [5, 5.41) is 2.37. The van der Waals surface area contributed by atoms with Gasteiger partial charge in [-0.1, -0.05) is 19.1 Å². The average Bonchev–Trinajstić information content (AvgIpc) is 3.30. The molecule has 0 bridgehead atoms. The number of carbonyl (C=O) groups excluding carboxylic acids is 2. The van der Waals surface area contributed by atoms with Crippen LogP contribution >= 0.6 is 0 Å². The van der Waals surface area contributed by atoms with Crippen molar-refractivity contribution < 1.29 is 31.2 Å². The fourth-order valence-corrected chi connectivity index (χ4v) is 7.65. The van der Waals surface area contributed by atoms with Crippen molar-refractivity contribution in [3.8, 4) is 0 Å². The van der Waals surface area contributed by atoms with E-state index in [0.29, 0.717) is 63.1 Å². The van der Waals surface area contributed by atoms with Gasteiger partial charge in [0.05, 0.1) is 16.7 Å². The lowest BCUT2D eigenvalue weighted by Crippen LogP contribution is -2.53. The highest BCUT2D eigenvalue weighted by molar-refractivity contribution is 7.89. The van der Waals surface area contributed by atoms with Crippen LogP contribution in [0.25, 0.3) is 0 Å². The van der Waals surface area contributed by atoms with E-state index in [-0.39, 0.29) is 30.2 Å². The lowest BCUT2D eigenvalue weighted by Gasteiger charge is -2.40. The maximum Gasteiger partial charge on any atom is 0.416 e. The SMILES string of the molecule is CC1CC(S(=O)(=O)N2CCC[C@H](C(=O)N3CCC[C@@H]3C(=O)NCc3ccc(C(F)(F)F)cc3)C2)C1. The predicted octanol–water partition coefficient (Wildman–Crippen LogP) is 3.15. The highest BCUT2D eigenvalue weighted by atomic mass is 32.2. The number of hydrogen-bond acceptors (Lipinski definition) is 4. The summed E-state index contributed by atoms with van der Waals surface area (Å²) in [5.41, 5.74) is -0.226. The third-order valence-electron chi connectivity index (χ3n) is 7.43. The molecule has 2 aliphatic heterocycles. The topological polar surface area (TPSA) is 86.8 Å². The summed E-state index contributed by atoms with van der Waals surface area (Å²) in [7, 11) is -3.42. The molecular formula is C24H32F3N3O4S. The molecule has 1 aliphatic carbocycles. The number of nitrogens with one attached hydrogen (secondary N) is 1. The van der Waals surface area contributed by atoms with Crippen LogP contribution in [0, 0.1) is 11.8 Å². The van der Waals surface area contributed by atoms with Crippen LogP contribution < -0.4 is 5.32 Å². The van der Waals surface area contributed by atoms with E-state index in [1.54, 1.807) is 4.90 Å². The summed E-state index contributed by atoms with van der Waals surface area (Å²) < 4.78 is 65.6. The number of hydrogen-bond donors (Lipinski definition) is 1. The lowest BCUT2D eigenvalue weighted by atomic mass is 9.87. The summed E-state index contributed by atoms with van der Waals surface area (Å²) >= 11 is 0. The monoisotopic (exact) mass is 515 g/mol. The fraction of sp³-hybridized carbons (Fsp3) is 0.667. The van der Waals surface area contributed by atoms with Gasteiger partial charge in [-0.3, -0.25) is 9.59 Å². The summed E-state index contributed by atoms with van der Waals surface area (Å²) in [5.74, 6) is -0.610. The van der Waals surface area contributed by atoms with Gasteiger partial charge < -0.3 is 10.2 Å². The number of alkyl halides is 3. The Morgan fingerprint density at radius 2 is 1.71 bits per heavy atom. The van der Waals surface area contributed by atoms with E-state index in [1.807, 2.05) is 6.92 Å². The van der Waals surface area contributed by atoms with Gasteiger partial charge in [0.25, 0.3) is 0 Å². The van der Waals surface area contributed by atoms with E-state index >= 15 is 0 Å². The van der Waals surface area contributed by atoms with E-state index in [4.69, 9.17) is 0 Å². The minimum atomic E-state index is -4.42. The Balaban J connectivity index is 1.34. The molecule has 0 unspecified atom stereocenters. The molecular weight excluding hydrogens is 483 g/mol. The third kappa shape index (κ3) is 5.66. The molecule has 35 heavy (non-hydrogen) atoms. The molecule has 2 atom stereocenters. The molecule has 1 saturated carbocycles. The van der Waals surface area contributed by atoms with Crippen molar-refractivity contribution in [2.45, 2.75) is 69.5 Å². The second-order valence-corrected chi connectivity index (χ2v) is 12.3. The van der Waals surface area contributed by atoms with Gasteiger partial charge in [-0.05, 0) is 62.1 Å². The largest absolute Gasteiger partial charge is 0.416 e. The Labute approximate surface area is 204 Å². The minimum Gasteiger partial charge on any atom is -0.350 e. The molecule has 1 aromatic carbocycles. The lowest BCUT2D eigenvalue weighted by molar-refractivity contribution is -0.142. The van der Waals surface area contributed by atoms with Gasteiger partial charge in [-0.2, -0.15) is 13.2 Å². The highest BCUT2D eigenvalue weighted by Gasteiger charge is 2.44. The first-order valence-electron chi connectivity index (χ1n) is 12.2. The summed E-state index contributed by atoms with van der Waals surface area (Å²) in [6.07, 6.45) is -0.747. The van der Waals surface area contributed by atoms with Crippen molar-refractivity contribution in [1.29, 1.82) is 0 Å². The molecule has 194 valence electrons. The Morgan fingerprint density at radius 1 is 1.06 bits per heavy atom. The first-order valence-corrected chi connectivity index (χ1v) is 13.7. The molecule has 0 spiro atoms. The molecule has 2 amide bonds. The average molecular weight is 516 g/mol. The van der Waals surface area contributed by atoms with Crippen LogP contribution in [0.4, 0.5) is 13.2 Å². The van der Waals surface area contributed by atoms with E-state index in [2.05, 4.69) is 5.32 Å². The van der Waals surface area contributed by atoms with Crippen LogP contribution in [-0.2, 0) is 32.3 Å². The first-order chi connectivity index (χ1) is 16.5. The van der Waals surface area contributed by atoms with Crippen LogP contribution in [0.2, 0.25) is 0 Å². The van der Waals surface area contributed by atoms with Crippen LogP contribution in [0.15, 0.2) is 24.3 Å². The quantitative estimate of drug-likeness (QED) is 0.631. The maximum absolute atomic E-state index is 13.3. The second-order valence-electron chi connectivity index (χ2n) is 10.0. The molecule has 0 radical (unpaired) electrons. The van der Waals surface area contributed by atoms with Crippen molar-refractivity contribution in [2.24, 2.45) is 11.8 Å². The van der Waals surface area contributed by atoms with Crippen molar-refractivity contribution in [3.05, 3.63) is 35.4 Å². The standard InChI is InChI=1S/C24H32F3N3O4S/c1-16-12-20(13-16)35(33,34)29-10-2-4-18(15-29)23(32)30-11-3-5-21(30)22(31)28-14-17-6-8-19(9-7-17)24(25,26)27/h6-9,16,18,20-21H,2-5,10-15H2,1H3,(H,28,31)/t16?,18-,20?,21+/m0/s1.